The van der Waals surface area contributed by atoms with Crippen molar-refractivity contribution in [1.82, 2.24) is 14.7 Å². The third-order valence-electron chi connectivity index (χ3n) is 10.8. The van der Waals surface area contributed by atoms with Crippen LogP contribution in [0.4, 0.5) is 5.82 Å². The number of imide groups is 2. The van der Waals surface area contributed by atoms with Crippen LogP contribution in [0.2, 0.25) is 5.02 Å². The molecule has 1 saturated carbocycles. The summed E-state index contributed by atoms with van der Waals surface area (Å²) in [6.45, 7) is 3.49. The fourth-order valence-corrected chi connectivity index (χ4v) is 9.86. The van der Waals surface area contributed by atoms with Crippen molar-refractivity contribution in [1.29, 1.82) is 0 Å². The Hall–Kier alpha value is -4.06. The normalized spacial score (nSPS) is 29.1. The summed E-state index contributed by atoms with van der Waals surface area (Å²) >= 11 is 7.84. The van der Waals surface area contributed by atoms with Crippen LogP contribution >= 0.6 is 22.9 Å². The highest BCUT2D eigenvalue weighted by molar-refractivity contribution is 7.22. The number of thiophene rings is 1. The van der Waals surface area contributed by atoms with Gasteiger partial charge in [0.05, 0.1) is 34.0 Å². The largest absolute Gasteiger partial charge is 0.463 e. The smallest absolute Gasteiger partial charge is 0.242 e. The Labute approximate surface area is 273 Å². The van der Waals surface area contributed by atoms with E-state index >= 15 is 0 Å². The van der Waals surface area contributed by atoms with Crippen molar-refractivity contribution < 1.29 is 28.7 Å². The number of carbonyl (C=O) groups is 4. The van der Waals surface area contributed by atoms with Crippen LogP contribution in [0.15, 0.2) is 52.5 Å². The zero-order valence-corrected chi connectivity index (χ0v) is 27.2. The zero-order chi connectivity index (χ0) is 32.4. The van der Waals surface area contributed by atoms with Gasteiger partial charge in [0.25, 0.3) is 0 Å². The molecule has 2 aliphatic heterocycles. The number of carbonyl (C=O) groups excluding carboxylic acids is 4. The Morgan fingerprint density at radius 2 is 1.85 bits per heavy atom. The standard InChI is InChI=1S/C34H31ClN4O6S/c1-15-20-11-16(35)5-10-25(20)46-29(15)23-13-26(38(4)36-23)39-31(42)22-12-21-18(7-8-19-27(21)32(43)37(3)30(19)41)28(34(22,2)33(39)44)24-9-6-17(14-40)45-24/h5-7,9-11,13,19,21-22,27-28,40H,8,12,14H2,1-4H3/t19-,21+,22-,27-,28+,34+/m0/s1. The van der Waals surface area contributed by atoms with Crippen LogP contribution in [0.1, 0.15) is 42.8 Å². The lowest BCUT2D eigenvalue weighted by molar-refractivity contribution is -0.139. The molecule has 1 aromatic carbocycles. The molecule has 2 saturated heterocycles. The predicted molar refractivity (Wildman–Crippen MR) is 171 cm³/mol. The number of furan rings is 1. The van der Waals surface area contributed by atoms with Gasteiger partial charge in [-0.2, -0.15) is 5.10 Å². The third kappa shape index (κ3) is 3.76. The number of hydrogen-bond acceptors (Lipinski definition) is 8. The lowest BCUT2D eigenvalue weighted by Gasteiger charge is -2.48. The van der Waals surface area contributed by atoms with E-state index in [1.807, 2.05) is 31.2 Å². The third-order valence-corrected chi connectivity index (χ3v) is 12.4. The Kier molecular flexibility index (Phi) is 6.36. The van der Waals surface area contributed by atoms with E-state index in [0.717, 1.165) is 26.1 Å². The van der Waals surface area contributed by atoms with Gasteiger partial charge in [-0.15, -0.1) is 11.3 Å². The quantitative estimate of drug-likeness (QED) is 0.236. The van der Waals surface area contributed by atoms with E-state index in [1.54, 1.807) is 48.2 Å². The minimum absolute atomic E-state index is 0.215. The minimum atomic E-state index is -1.25. The lowest BCUT2D eigenvalue weighted by atomic mass is 9.52. The van der Waals surface area contributed by atoms with E-state index in [9.17, 15) is 24.3 Å². The van der Waals surface area contributed by atoms with Gasteiger partial charge in [-0.1, -0.05) is 23.3 Å². The maximum absolute atomic E-state index is 14.8. The summed E-state index contributed by atoms with van der Waals surface area (Å²) in [5.74, 6) is -3.06. The molecule has 1 N–H and O–H groups in total. The number of hydrogen-bond donors (Lipinski definition) is 1. The molecule has 4 amide bonds. The highest BCUT2D eigenvalue weighted by Gasteiger charge is 2.68. The van der Waals surface area contributed by atoms with Crippen LogP contribution in [0.3, 0.4) is 0 Å². The summed E-state index contributed by atoms with van der Waals surface area (Å²) in [6.07, 6.45) is 2.60. The van der Waals surface area contributed by atoms with Crippen molar-refractivity contribution in [3.63, 3.8) is 0 Å². The number of amides is 4. The molecule has 5 heterocycles. The number of aliphatic hydroxyl groups excluding tert-OH is 1. The van der Waals surface area contributed by atoms with Crippen LogP contribution in [-0.2, 0) is 32.8 Å². The number of benzene rings is 1. The molecular weight excluding hydrogens is 628 g/mol. The van der Waals surface area contributed by atoms with E-state index in [1.165, 1.54) is 16.8 Å². The number of aromatic nitrogens is 2. The van der Waals surface area contributed by atoms with Crippen LogP contribution in [0.5, 0.6) is 0 Å². The van der Waals surface area contributed by atoms with Gasteiger partial charge >= 0.3 is 0 Å². The highest BCUT2D eigenvalue weighted by atomic mass is 35.5. The molecule has 6 atom stereocenters. The Morgan fingerprint density at radius 3 is 2.59 bits per heavy atom. The number of fused-ring (bicyclic) bond motifs is 5. The number of nitrogens with zero attached hydrogens (tertiary/aromatic N) is 4. The van der Waals surface area contributed by atoms with Crippen molar-refractivity contribution in [2.75, 3.05) is 11.9 Å². The molecule has 0 radical (unpaired) electrons. The summed E-state index contributed by atoms with van der Waals surface area (Å²) in [5, 5.41) is 16.2. The van der Waals surface area contributed by atoms with E-state index in [2.05, 4.69) is 0 Å². The number of anilines is 1. The van der Waals surface area contributed by atoms with Gasteiger partial charge in [0, 0.05) is 29.9 Å². The van der Waals surface area contributed by atoms with Crippen LogP contribution in [0.25, 0.3) is 20.7 Å². The number of rotatable bonds is 4. The number of likely N-dealkylation sites (tertiary alicyclic amines) is 1. The Balaban J connectivity index is 1.25. The number of halogens is 1. The first-order chi connectivity index (χ1) is 21.9. The molecule has 8 rings (SSSR count). The zero-order valence-electron chi connectivity index (χ0n) is 25.6. The van der Waals surface area contributed by atoms with Gasteiger partial charge in [0.2, 0.25) is 23.6 Å². The SMILES string of the molecule is Cc1c(-c2cc(N3C(=O)[C@@H]4C[C@@H]5C(=CC[C@@H]6C(=O)N(C)C(=O)[C@@H]65)[C@H](c5ccc(CO)o5)[C@]4(C)C3=O)n(C)n2)sc2ccc(Cl)cc12. The first kappa shape index (κ1) is 29.3. The van der Waals surface area contributed by atoms with Gasteiger partial charge in [-0.25, -0.2) is 4.90 Å². The molecule has 4 aliphatic rings. The average molecular weight is 659 g/mol. The molecule has 0 unspecified atom stereocenters. The van der Waals surface area contributed by atoms with Crippen LogP contribution in [0, 0.1) is 36.0 Å². The summed E-state index contributed by atoms with van der Waals surface area (Å²) < 4.78 is 8.69. The van der Waals surface area contributed by atoms with Crippen molar-refractivity contribution in [2.45, 2.75) is 39.2 Å². The summed E-state index contributed by atoms with van der Waals surface area (Å²) in [5.41, 5.74) is 1.24. The van der Waals surface area contributed by atoms with E-state index in [4.69, 9.17) is 21.1 Å². The fourth-order valence-electron chi connectivity index (χ4n) is 8.54. The second kappa shape index (κ2) is 9.97. The highest BCUT2D eigenvalue weighted by Crippen LogP contribution is 2.63. The molecule has 46 heavy (non-hydrogen) atoms. The van der Waals surface area contributed by atoms with Gasteiger partial charge in [0.15, 0.2) is 0 Å². The van der Waals surface area contributed by atoms with E-state index in [-0.39, 0.29) is 36.7 Å². The summed E-state index contributed by atoms with van der Waals surface area (Å²) in [6, 6.07) is 10.9. The number of aliphatic hydroxyl groups is 1. The molecule has 4 aromatic rings. The second-order valence-electron chi connectivity index (χ2n) is 13.1. The molecule has 12 heteroatoms. The number of aryl methyl sites for hydroxylation is 2. The maximum atomic E-state index is 14.8. The second-order valence-corrected chi connectivity index (χ2v) is 14.6. The first-order valence-electron chi connectivity index (χ1n) is 15.3. The summed E-state index contributed by atoms with van der Waals surface area (Å²) in [7, 11) is 3.22. The molecule has 10 nitrogen and oxygen atoms in total. The van der Waals surface area contributed by atoms with Gasteiger partial charge in [0.1, 0.15) is 29.6 Å². The number of allylic oxidation sites excluding steroid dienone is 2. The van der Waals surface area contributed by atoms with Gasteiger partial charge < -0.3 is 9.52 Å². The van der Waals surface area contributed by atoms with Gasteiger partial charge in [-0.05, 0) is 73.9 Å². The van der Waals surface area contributed by atoms with Crippen molar-refractivity contribution in [2.24, 2.45) is 36.1 Å². The van der Waals surface area contributed by atoms with Crippen molar-refractivity contribution in [3.8, 4) is 10.6 Å². The minimum Gasteiger partial charge on any atom is -0.463 e. The lowest BCUT2D eigenvalue weighted by Crippen LogP contribution is -2.48. The van der Waals surface area contributed by atoms with E-state index in [0.29, 0.717) is 34.5 Å². The molecule has 0 spiro atoms. The molecule has 236 valence electrons. The molecular formula is C34H31ClN4O6S. The fraction of sp³-hybridized carbons (Fsp3) is 0.382. The van der Waals surface area contributed by atoms with E-state index < -0.39 is 35.0 Å². The average Bonchev–Trinajstić information content (AvgIpc) is 3.82. The monoisotopic (exact) mass is 658 g/mol. The van der Waals surface area contributed by atoms with Gasteiger partial charge in [-0.3, -0.25) is 28.8 Å². The molecule has 3 aromatic heterocycles. The molecule has 2 aliphatic carbocycles. The van der Waals surface area contributed by atoms with Crippen molar-refractivity contribution in [3.05, 3.63) is 70.2 Å². The summed E-state index contributed by atoms with van der Waals surface area (Å²) in [4.78, 5) is 59.1. The Bertz CT molecular complexity index is 2060. The first-order valence-corrected chi connectivity index (χ1v) is 16.5. The van der Waals surface area contributed by atoms with Crippen molar-refractivity contribution >= 4 is 62.5 Å². The molecule has 3 fully saturated rings. The molecule has 0 bridgehead atoms. The Morgan fingerprint density at radius 1 is 1.07 bits per heavy atom. The van der Waals surface area contributed by atoms with Crippen LogP contribution in [-0.4, -0.2) is 50.5 Å². The maximum Gasteiger partial charge on any atom is 0.242 e. The topological polar surface area (TPSA) is 126 Å². The van der Waals surface area contributed by atoms with Crippen LogP contribution < -0.4 is 4.90 Å². The predicted octanol–water partition coefficient (Wildman–Crippen LogP) is 5.21.